The number of allylic oxidation sites excluding steroid dienone is 1. The van der Waals surface area contributed by atoms with Crippen molar-refractivity contribution in [2.24, 2.45) is 17.8 Å². The first kappa shape index (κ1) is 24.4. The normalized spacial score (nSPS) is 21.9. The molecule has 3 fully saturated rings. The van der Waals surface area contributed by atoms with Crippen molar-refractivity contribution in [1.29, 1.82) is 0 Å². The van der Waals surface area contributed by atoms with Crippen LogP contribution < -0.4 is 4.90 Å². The van der Waals surface area contributed by atoms with E-state index < -0.39 is 0 Å². The van der Waals surface area contributed by atoms with E-state index in [0.717, 1.165) is 42.8 Å². The minimum absolute atomic E-state index is 0.387. The van der Waals surface area contributed by atoms with Crippen LogP contribution in [0.2, 0.25) is 10.0 Å². The van der Waals surface area contributed by atoms with Gasteiger partial charge in [0.1, 0.15) is 11.5 Å². The summed E-state index contributed by atoms with van der Waals surface area (Å²) in [5.41, 5.74) is 3.48. The number of fused-ring (bicyclic) bond motifs is 1. The zero-order valence-corrected chi connectivity index (χ0v) is 22.4. The van der Waals surface area contributed by atoms with Crippen LogP contribution in [-0.2, 0) is 4.74 Å². The Balaban J connectivity index is 1.05. The number of hydrogen-bond donors (Lipinski definition) is 0. The highest BCUT2D eigenvalue weighted by Gasteiger charge is 2.55. The number of aromatic nitrogens is 4. The number of carbonyl (C=O) groups is 1. The minimum Gasteiger partial charge on any atom is -0.465 e. The van der Waals surface area contributed by atoms with Crippen LogP contribution >= 0.6 is 23.2 Å². The maximum absolute atomic E-state index is 11.7. The molecule has 2 saturated carbocycles. The molecule has 0 amide bonds. The molecule has 11 heteroatoms. The third-order valence-corrected chi connectivity index (χ3v) is 8.36. The van der Waals surface area contributed by atoms with E-state index in [1.165, 1.54) is 7.11 Å². The molecule has 2 aliphatic carbocycles. The first-order valence-electron chi connectivity index (χ1n) is 12.8. The monoisotopic (exact) mass is 563 g/mol. The molecular formula is C28H23Cl2N5O4. The zero-order chi connectivity index (χ0) is 26.7. The Morgan fingerprint density at radius 3 is 2.44 bits per heavy atom. The van der Waals surface area contributed by atoms with Gasteiger partial charge in [-0.2, -0.15) is 4.98 Å². The Kier molecular flexibility index (Phi) is 5.93. The van der Waals surface area contributed by atoms with Crippen LogP contribution in [0, 0.1) is 17.8 Å². The summed E-state index contributed by atoms with van der Waals surface area (Å²) in [6.45, 7) is 1.71. The second-order valence-corrected chi connectivity index (χ2v) is 11.0. The third-order valence-electron chi connectivity index (χ3n) is 7.79. The van der Waals surface area contributed by atoms with Crippen molar-refractivity contribution in [2.45, 2.75) is 18.8 Å². The first-order chi connectivity index (χ1) is 19.0. The number of rotatable bonds is 7. The van der Waals surface area contributed by atoms with Crippen LogP contribution in [0.5, 0.6) is 0 Å². The summed E-state index contributed by atoms with van der Waals surface area (Å²) in [5, 5.41) is 9.45. The Bertz CT molecular complexity index is 1560. The average Bonchev–Trinajstić information content (AvgIpc) is 3.68. The number of pyridine rings is 1. The molecule has 1 aromatic carbocycles. The quantitative estimate of drug-likeness (QED) is 0.244. The summed E-state index contributed by atoms with van der Waals surface area (Å²) >= 11 is 12.9. The molecule has 2 atom stereocenters. The topological polar surface area (TPSA) is 107 Å². The number of ether oxygens (including phenoxy) is 1. The molecular weight excluding hydrogens is 541 g/mol. The van der Waals surface area contributed by atoms with Crippen LogP contribution in [0.3, 0.4) is 0 Å². The maximum Gasteiger partial charge on any atom is 0.337 e. The lowest BCUT2D eigenvalue weighted by Gasteiger charge is -2.15. The van der Waals surface area contributed by atoms with Crippen molar-refractivity contribution < 1.29 is 18.6 Å². The van der Waals surface area contributed by atoms with Gasteiger partial charge < -0.3 is 18.7 Å². The van der Waals surface area contributed by atoms with Gasteiger partial charge in [-0.05, 0) is 60.0 Å². The number of nitrogens with zero attached hydrogens (tertiary/aromatic N) is 5. The van der Waals surface area contributed by atoms with E-state index in [2.05, 4.69) is 37.3 Å². The maximum atomic E-state index is 11.7. The smallest absolute Gasteiger partial charge is 0.337 e. The molecule has 3 aliphatic rings. The second kappa shape index (κ2) is 9.50. The molecule has 0 N–H and O–H groups in total. The SMILES string of the molecule is COC(=O)c1ccc(-c2nc(N3CC4C(C=Cc5c(-c6c(Cl)cncc6Cl)noc5C5CC5)C4C3)no2)cc1. The molecule has 0 bridgehead atoms. The van der Waals surface area contributed by atoms with Crippen molar-refractivity contribution in [3.8, 4) is 22.7 Å². The lowest BCUT2D eigenvalue weighted by molar-refractivity contribution is 0.0600. The number of esters is 1. The van der Waals surface area contributed by atoms with Crippen LogP contribution in [0.15, 0.2) is 51.8 Å². The van der Waals surface area contributed by atoms with Crippen molar-refractivity contribution >= 4 is 41.2 Å². The molecule has 1 saturated heterocycles. The van der Waals surface area contributed by atoms with Gasteiger partial charge in [-0.25, -0.2) is 4.79 Å². The fraction of sp³-hybridized carbons (Fsp3) is 0.321. The molecule has 4 heterocycles. The Morgan fingerprint density at radius 2 is 1.77 bits per heavy atom. The molecule has 1 aliphatic heterocycles. The lowest BCUT2D eigenvalue weighted by Crippen LogP contribution is -2.24. The number of methoxy groups -OCH3 is 1. The van der Waals surface area contributed by atoms with Crippen LogP contribution in [-0.4, -0.2) is 46.4 Å². The number of hydrogen-bond acceptors (Lipinski definition) is 9. The molecule has 198 valence electrons. The highest BCUT2D eigenvalue weighted by atomic mass is 35.5. The van der Waals surface area contributed by atoms with E-state index in [4.69, 9.17) is 37.0 Å². The molecule has 2 unspecified atom stereocenters. The summed E-state index contributed by atoms with van der Waals surface area (Å²) in [7, 11) is 1.35. The zero-order valence-electron chi connectivity index (χ0n) is 20.9. The van der Waals surface area contributed by atoms with Gasteiger partial charge in [-0.3, -0.25) is 4.98 Å². The van der Waals surface area contributed by atoms with Gasteiger partial charge in [-0.1, -0.05) is 40.5 Å². The summed E-state index contributed by atoms with van der Waals surface area (Å²) < 4.78 is 16.0. The van der Waals surface area contributed by atoms with Crippen molar-refractivity contribution in [1.82, 2.24) is 20.3 Å². The summed E-state index contributed by atoms with van der Waals surface area (Å²) in [4.78, 5) is 22.5. The standard InChI is InChI=1S/C28H23Cl2N5O4/c1-37-27(36)16-6-4-15(5-7-16)26-32-28(34-39-26)35-12-19-17(20(19)13-35)8-9-18-24(33-38-25(18)14-2-3-14)23-21(29)10-31-11-22(23)30/h4-11,14,17,19-20H,2-3,12-13H2,1H3. The Labute approximate surface area is 233 Å². The molecule has 39 heavy (non-hydrogen) atoms. The minimum atomic E-state index is -0.387. The van der Waals surface area contributed by atoms with Gasteiger partial charge in [0.25, 0.3) is 11.8 Å². The average molecular weight is 564 g/mol. The van der Waals surface area contributed by atoms with E-state index in [-0.39, 0.29) is 5.97 Å². The van der Waals surface area contributed by atoms with E-state index >= 15 is 0 Å². The highest BCUT2D eigenvalue weighted by Crippen LogP contribution is 2.54. The number of carbonyl (C=O) groups excluding carboxylic acids is 1. The number of piperidine rings is 1. The summed E-state index contributed by atoms with van der Waals surface area (Å²) in [5.74, 6) is 3.39. The van der Waals surface area contributed by atoms with Crippen LogP contribution in [0.4, 0.5) is 5.95 Å². The summed E-state index contributed by atoms with van der Waals surface area (Å²) in [6, 6.07) is 6.90. The van der Waals surface area contributed by atoms with Gasteiger partial charge in [0, 0.05) is 48.1 Å². The molecule has 7 rings (SSSR count). The molecule has 0 spiro atoms. The number of halogens is 2. The van der Waals surface area contributed by atoms with Gasteiger partial charge in [-0.15, -0.1) is 0 Å². The predicted molar refractivity (Wildman–Crippen MR) is 145 cm³/mol. The summed E-state index contributed by atoms with van der Waals surface area (Å²) in [6.07, 6.45) is 9.73. The Morgan fingerprint density at radius 1 is 1.05 bits per heavy atom. The van der Waals surface area contributed by atoms with E-state index in [1.807, 2.05) is 0 Å². The highest BCUT2D eigenvalue weighted by molar-refractivity contribution is 6.39. The van der Waals surface area contributed by atoms with Crippen molar-refractivity contribution in [3.05, 3.63) is 69.7 Å². The molecule has 4 aromatic rings. The first-order valence-corrected chi connectivity index (χ1v) is 13.5. The molecule has 0 radical (unpaired) electrons. The van der Waals surface area contributed by atoms with Gasteiger partial charge in [0.05, 0.1) is 22.7 Å². The van der Waals surface area contributed by atoms with E-state index in [1.54, 1.807) is 36.7 Å². The fourth-order valence-corrected chi connectivity index (χ4v) is 6.03. The predicted octanol–water partition coefficient (Wildman–Crippen LogP) is 6.15. The van der Waals surface area contributed by atoms with Gasteiger partial charge in [0.2, 0.25) is 0 Å². The van der Waals surface area contributed by atoms with Crippen LogP contribution in [0.25, 0.3) is 28.8 Å². The van der Waals surface area contributed by atoms with Crippen molar-refractivity contribution in [3.63, 3.8) is 0 Å². The third kappa shape index (κ3) is 4.39. The molecule has 3 aromatic heterocycles. The van der Waals surface area contributed by atoms with Crippen molar-refractivity contribution in [2.75, 3.05) is 25.1 Å². The lowest BCUT2D eigenvalue weighted by atomic mass is 10.0. The second-order valence-electron chi connectivity index (χ2n) is 10.2. The van der Waals surface area contributed by atoms with Gasteiger partial charge in [0.15, 0.2) is 0 Å². The Hall–Kier alpha value is -3.69. The van der Waals surface area contributed by atoms with Gasteiger partial charge >= 0.3 is 5.97 Å². The van der Waals surface area contributed by atoms with E-state index in [9.17, 15) is 4.79 Å². The number of anilines is 1. The van der Waals surface area contributed by atoms with Crippen LogP contribution in [0.1, 0.15) is 40.4 Å². The number of benzene rings is 1. The molecule has 9 nitrogen and oxygen atoms in total. The van der Waals surface area contributed by atoms with E-state index in [0.29, 0.717) is 62.4 Å². The fourth-order valence-electron chi connectivity index (χ4n) is 5.49. The largest absolute Gasteiger partial charge is 0.465 e.